The number of rotatable bonds is 9. The molecule has 0 aliphatic carbocycles. The van der Waals surface area contributed by atoms with Crippen molar-refractivity contribution >= 4 is 5.78 Å². The second-order valence-electron chi connectivity index (χ2n) is 7.08. The van der Waals surface area contributed by atoms with Gasteiger partial charge in [0.1, 0.15) is 17.3 Å². The van der Waals surface area contributed by atoms with Crippen LogP contribution in [-0.4, -0.2) is 12.9 Å². The van der Waals surface area contributed by atoms with Crippen molar-refractivity contribution in [2.24, 2.45) is 0 Å². The minimum atomic E-state index is -0.0472. The molecule has 3 aromatic carbocycles. The van der Waals surface area contributed by atoms with E-state index in [-0.39, 0.29) is 5.78 Å². The van der Waals surface area contributed by atoms with Crippen molar-refractivity contribution < 1.29 is 14.3 Å². The van der Waals surface area contributed by atoms with Crippen LogP contribution in [0.25, 0.3) is 0 Å². The van der Waals surface area contributed by atoms with Crippen LogP contribution in [0, 0.1) is 6.92 Å². The molecule has 3 heteroatoms. The van der Waals surface area contributed by atoms with E-state index in [1.807, 2.05) is 12.2 Å². The van der Waals surface area contributed by atoms with E-state index in [4.69, 9.17) is 9.47 Å². The molecule has 0 fully saturated rings. The molecule has 0 saturated carbocycles. The van der Waals surface area contributed by atoms with Crippen molar-refractivity contribution in [1.29, 1.82) is 0 Å². The number of ether oxygens (including phenoxy) is 2. The number of aryl methyl sites for hydroxylation is 1. The van der Waals surface area contributed by atoms with Crippen molar-refractivity contribution in [3.63, 3.8) is 0 Å². The Balaban J connectivity index is 1.64. The molecule has 0 heterocycles. The number of ketones is 1. The van der Waals surface area contributed by atoms with E-state index in [1.165, 1.54) is 11.1 Å². The summed E-state index contributed by atoms with van der Waals surface area (Å²) in [6.07, 6.45) is 8.29. The van der Waals surface area contributed by atoms with E-state index >= 15 is 0 Å². The zero-order chi connectivity index (χ0) is 22.1. The first kappa shape index (κ1) is 21.8. The molecule has 0 bridgehead atoms. The van der Waals surface area contributed by atoms with Crippen LogP contribution in [0.4, 0.5) is 0 Å². The topological polar surface area (TPSA) is 35.5 Å². The van der Waals surface area contributed by atoms with E-state index in [0.717, 1.165) is 12.2 Å². The third-order valence-electron chi connectivity index (χ3n) is 4.74. The van der Waals surface area contributed by atoms with Crippen LogP contribution in [0.5, 0.6) is 11.5 Å². The first-order valence-corrected chi connectivity index (χ1v) is 10.1. The minimum absolute atomic E-state index is 0.0472. The highest BCUT2D eigenvalue weighted by molar-refractivity contribution is 6.09. The van der Waals surface area contributed by atoms with Crippen molar-refractivity contribution in [3.05, 3.63) is 132 Å². The van der Waals surface area contributed by atoms with Crippen LogP contribution in [0.2, 0.25) is 0 Å². The molecule has 3 nitrogen and oxygen atoms in total. The summed E-state index contributed by atoms with van der Waals surface area (Å²) in [5.41, 5.74) is 3.70. The Labute approximate surface area is 184 Å². The maximum absolute atomic E-state index is 12.7. The van der Waals surface area contributed by atoms with Gasteiger partial charge >= 0.3 is 0 Å². The van der Waals surface area contributed by atoms with Crippen LogP contribution in [-0.2, 0) is 6.42 Å². The number of hydrogen-bond acceptors (Lipinski definition) is 3. The average Bonchev–Trinajstić information content (AvgIpc) is 2.80. The Kier molecular flexibility index (Phi) is 7.61. The Morgan fingerprint density at radius 3 is 2.00 bits per heavy atom. The fraction of sp³-hybridized carbons (Fsp3) is 0.107. The molecule has 156 valence electrons. The van der Waals surface area contributed by atoms with Gasteiger partial charge in [0.25, 0.3) is 0 Å². The normalized spacial score (nSPS) is 11.4. The van der Waals surface area contributed by atoms with Crippen molar-refractivity contribution in [1.82, 2.24) is 0 Å². The van der Waals surface area contributed by atoms with Gasteiger partial charge in [-0.25, -0.2) is 0 Å². The lowest BCUT2D eigenvalue weighted by Gasteiger charge is -2.08. The summed E-state index contributed by atoms with van der Waals surface area (Å²) in [7, 11) is 1.60. The molecule has 0 amide bonds. The molecule has 0 atom stereocenters. The second kappa shape index (κ2) is 10.8. The first-order chi connectivity index (χ1) is 15.1. The van der Waals surface area contributed by atoms with Crippen LogP contribution in [0.15, 0.2) is 109 Å². The van der Waals surface area contributed by atoms with Gasteiger partial charge in [-0.2, -0.15) is 0 Å². The fourth-order valence-corrected chi connectivity index (χ4v) is 2.99. The molecule has 0 radical (unpaired) electrons. The molecule has 0 aromatic heterocycles. The summed E-state index contributed by atoms with van der Waals surface area (Å²) in [4.78, 5) is 12.7. The molecule has 3 rings (SSSR count). The second-order valence-corrected chi connectivity index (χ2v) is 7.08. The molecule has 31 heavy (non-hydrogen) atoms. The molecular weight excluding hydrogens is 384 g/mol. The summed E-state index contributed by atoms with van der Waals surface area (Å²) >= 11 is 0. The molecule has 3 aromatic rings. The smallest absolute Gasteiger partial charge is 0.193 e. The lowest BCUT2D eigenvalue weighted by molar-refractivity contribution is 0.103. The zero-order valence-corrected chi connectivity index (χ0v) is 17.9. The maximum atomic E-state index is 12.7. The summed E-state index contributed by atoms with van der Waals surface area (Å²) < 4.78 is 11.1. The Morgan fingerprint density at radius 2 is 1.45 bits per heavy atom. The van der Waals surface area contributed by atoms with Gasteiger partial charge in [0.05, 0.1) is 7.11 Å². The van der Waals surface area contributed by atoms with Crippen molar-refractivity contribution in [2.75, 3.05) is 7.11 Å². The number of allylic oxidation sites excluding steroid dienone is 4. The molecular formula is C28H26O3. The van der Waals surface area contributed by atoms with E-state index in [0.29, 0.717) is 22.6 Å². The van der Waals surface area contributed by atoms with Gasteiger partial charge in [0.2, 0.25) is 0 Å². The number of carbonyl (C=O) groups is 1. The molecule has 0 aliphatic heterocycles. The van der Waals surface area contributed by atoms with Crippen molar-refractivity contribution in [3.8, 4) is 11.5 Å². The lowest BCUT2D eigenvalue weighted by atomic mass is 10.0. The highest BCUT2D eigenvalue weighted by atomic mass is 16.5. The highest BCUT2D eigenvalue weighted by Gasteiger charge is 2.09. The monoisotopic (exact) mass is 410 g/mol. The lowest BCUT2D eigenvalue weighted by Crippen LogP contribution is -2.01. The highest BCUT2D eigenvalue weighted by Crippen LogP contribution is 2.20. The number of methoxy groups -OCH3 is 1. The van der Waals surface area contributed by atoms with Crippen molar-refractivity contribution in [2.45, 2.75) is 13.3 Å². The summed E-state index contributed by atoms with van der Waals surface area (Å²) in [5.74, 6) is 2.00. The van der Waals surface area contributed by atoms with E-state index in [1.54, 1.807) is 61.7 Å². The van der Waals surface area contributed by atoms with Gasteiger partial charge in [-0.1, -0.05) is 48.6 Å². The van der Waals surface area contributed by atoms with Crippen LogP contribution in [0.3, 0.4) is 0 Å². The van der Waals surface area contributed by atoms with E-state index < -0.39 is 0 Å². The number of hydrogen-bond donors (Lipinski definition) is 0. The van der Waals surface area contributed by atoms with Crippen LogP contribution < -0.4 is 9.47 Å². The Morgan fingerprint density at radius 1 is 0.871 bits per heavy atom. The maximum Gasteiger partial charge on any atom is 0.193 e. The third kappa shape index (κ3) is 6.31. The Hall–Kier alpha value is -3.85. The predicted molar refractivity (Wildman–Crippen MR) is 126 cm³/mol. The minimum Gasteiger partial charge on any atom is -0.497 e. The van der Waals surface area contributed by atoms with Gasteiger partial charge in [0.15, 0.2) is 5.78 Å². The van der Waals surface area contributed by atoms with Gasteiger partial charge in [-0.15, -0.1) is 0 Å². The summed E-state index contributed by atoms with van der Waals surface area (Å²) in [5, 5.41) is 0. The third-order valence-corrected chi connectivity index (χ3v) is 4.74. The molecule has 0 aliphatic rings. The van der Waals surface area contributed by atoms with Gasteiger partial charge in [0, 0.05) is 11.1 Å². The summed E-state index contributed by atoms with van der Waals surface area (Å²) in [6, 6.07) is 22.6. The largest absolute Gasteiger partial charge is 0.497 e. The number of carbonyl (C=O) groups excluding carboxylic acids is 1. The molecule has 0 spiro atoms. The molecule has 0 saturated heterocycles. The predicted octanol–water partition coefficient (Wildman–Crippen LogP) is 6.48. The standard InChI is InChI=1S/C28H26O3/c1-4-6-26(8-5-7-22-11-9-21(2)10-12-22)31-27-19-15-24(16-20-27)28(29)23-13-17-25(30-3)18-14-23/h4-6,8-20H,1,7H2,2-3H3/b8-5-,26-6+. The van der Waals surface area contributed by atoms with Gasteiger partial charge in [-0.05, 0) is 79.6 Å². The first-order valence-electron chi connectivity index (χ1n) is 10.1. The quantitative estimate of drug-likeness (QED) is 0.230. The van der Waals surface area contributed by atoms with Gasteiger partial charge < -0.3 is 9.47 Å². The SMILES string of the molecule is C=C/C=C(\C=C/Cc1ccc(C)cc1)Oc1ccc(C(=O)c2ccc(OC)cc2)cc1. The van der Waals surface area contributed by atoms with E-state index in [2.05, 4.69) is 43.8 Å². The fourth-order valence-electron chi connectivity index (χ4n) is 2.99. The van der Waals surface area contributed by atoms with Crippen LogP contribution in [0.1, 0.15) is 27.0 Å². The summed E-state index contributed by atoms with van der Waals surface area (Å²) in [6.45, 7) is 5.83. The average molecular weight is 411 g/mol. The molecule has 0 N–H and O–H groups in total. The van der Waals surface area contributed by atoms with Crippen LogP contribution >= 0.6 is 0 Å². The number of benzene rings is 3. The Bertz CT molecular complexity index is 1070. The zero-order valence-electron chi connectivity index (χ0n) is 17.9. The van der Waals surface area contributed by atoms with E-state index in [9.17, 15) is 4.79 Å². The van der Waals surface area contributed by atoms with Gasteiger partial charge in [-0.3, -0.25) is 4.79 Å². The molecule has 0 unspecified atom stereocenters.